The lowest BCUT2D eigenvalue weighted by molar-refractivity contribution is -0.137. The number of aromatic nitrogens is 1. The van der Waals surface area contributed by atoms with Gasteiger partial charge >= 0.3 is 12.2 Å². The van der Waals surface area contributed by atoms with E-state index in [0.29, 0.717) is 11.4 Å². The molecule has 1 aromatic heterocycles. The van der Waals surface area contributed by atoms with Gasteiger partial charge in [-0.25, -0.2) is 4.79 Å². The smallest absolute Gasteiger partial charge is 0.370 e. The molecular weight excluding hydrogens is 357 g/mol. The molecule has 8 heteroatoms. The van der Waals surface area contributed by atoms with Crippen LogP contribution in [0, 0.1) is 0 Å². The van der Waals surface area contributed by atoms with Gasteiger partial charge in [0.1, 0.15) is 0 Å². The van der Waals surface area contributed by atoms with Crippen molar-refractivity contribution in [2.24, 2.45) is 0 Å². The van der Waals surface area contributed by atoms with Crippen molar-refractivity contribution in [3.63, 3.8) is 0 Å². The van der Waals surface area contributed by atoms with Crippen molar-refractivity contribution >= 4 is 17.4 Å². The summed E-state index contributed by atoms with van der Waals surface area (Å²) in [6.45, 7) is 1.78. The van der Waals surface area contributed by atoms with Gasteiger partial charge in [-0.2, -0.15) is 13.2 Å². The van der Waals surface area contributed by atoms with E-state index in [1.54, 1.807) is 25.4 Å². The molecule has 27 heavy (non-hydrogen) atoms. The average Bonchev–Trinajstić information content (AvgIpc) is 3.16. The second-order valence-electron chi connectivity index (χ2n) is 6.53. The van der Waals surface area contributed by atoms with Crippen LogP contribution in [-0.2, 0) is 12.7 Å². The second-order valence-corrected chi connectivity index (χ2v) is 6.53. The number of benzene rings is 1. The average molecular weight is 378 g/mol. The number of carbonyl (C=O) groups excluding carboxylic acids is 1. The lowest BCUT2D eigenvalue weighted by Crippen LogP contribution is -2.32. The highest BCUT2D eigenvalue weighted by Crippen LogP contribution is 2.36. The second kappa shape index (κ2) is 7.85. The van der Waals surface area contributed by atoms with E-state index in [1.165, 1.54) is 11.0 Å². The molecule has 0 bridgehead atoms. The summed E-state index contributed by atoms with van der Waals surface area (Å²) in [5.74, 6) is 0. The number of pyridine rings is 1. The maximum absolute atomic E-state index is 13.1. The molecule has 2 aromatic rings. The molecule has 2 amide bonds. The Morgan fingerprint density at radius 1 is 1.22 bits per heavy atom. The van der Waals surface area contributed by atoms with Crippen LogP contribution in [0.15, 0.2) is 42.6 Å². The molecule has 1 aromatic carbocycles. The summed E-state index contributed by atoms with van der Waals surface area (Å²) in [4.78, 5) is 20.1. The van der Waals surface area contributed by atoms with Gasteiger partial charge in [-0.05, 0) is 43.2 Å². The third-order valence-corrected chi connectivity index (χ3v) is 4.48. The van der Waals surface area contributed by atoms with Crippen LogP contribution in [0.5, 0.6) is 0 Å². The first-order valence-corrected chi connectivity index (χ1v) is 8.73. The maximum atomic E-state index is 13.1. The van der Waals surface area contributed by atoms with Crippen molar-refractivity contribution in [2.45, 2.75) is 25.6 Å². The summed E-state index contributed by atoms with van der Waals surface area (Å²) in [6, 6.07) is 8.37. The van der Waals surface area contributed by atoms with Gasteiger partial charge in [-0.1, -0.05) is 6.07 Å². The lowest BCUT2D eigenvalue weighted by atomic mass is 10.1. The quantitative estimate of drug-likeness (QED) is 0.860. The number of anilines is 2. The Bertz CT molecular complexity index is 789. The van der Waals surface area contributed by atoms with E-state index in [9.17, 15) is 18.0 Å². The van der Waals surface area contributed by atoms with Gasteiger partial charge in [0.15, 0.2) is 0 Å². The van der Waals surface area contributed by atoms with Crippen molar-refractivity contribution in [3.8, 4) is 0 Å². The van der Waals surface area contributed by atoms with Crippen LogP contribution >= 0.6 is 0 Å². The zero-order valence-corrected chi connectivity index (χ0v) is 15.0. The van der Waals surface area contributed by atoms with Crippen LogP contribution in [0.4, 0.5) is 29.3 Å². The van der Waals surface area contributed by atoms with E-state index in [-0.39, 0.29) is 12.2 Å². The molecule has 0 saturated carbocycles. The number of rotatable bonds is 4. The number of urea groups is 1. The molecule has 1 N–H and O–H groups in total. The van der Waals surface area contributed by atoms with Gasteiger partial charge in [0.2, 0.25) is 0 Å². The highest BCUT2D eigenvalue weighted by molar-refractivity contribution is 5.93. The van der Waals surface area contributed by atoms with E-state index >= 15 is 0 Å². The van der Waals surface area contributed by atoms with E-state index in [2.05, 4.69) is 10.3 Å². The third-order valence-electron chi connectivity index (χ3n) is 4.48. The van der Waals surface area contributed by atoms with Crippen molar-refractivity contribution in [1.29, 1.82) is 0 Å². The van der Waals surface area contributed by atoms with Crippen molar-refractivity contribution in [2.75, 3.05) is 30.4 Å². The van der Waals surface area contributed by atoms with Crippen LogP contribution in [0.3, 0.4) is 0 Å². The number of hydrogen-bond acceptors (Lipinski definition) is 3. The molecule has 0 unspecified atom stereocenters. The first-order chi connectivity index (χ1) is 12.8. The minimum absolute atomic E-state index is 0.171. The molecule has 2 heterocycles. The van der Waals surface area contributed by atoms with E-state index in [1.807, 2.05) is 11.0 Å². The van der Waals surface area contributed by atoms with Crippen LogP contribution in [0.1, 0.15) is 24.1 Å². The number of hydrogen-bond donors (Lipinski definition) is 1. The number of nitrogens with zero attached hydrogens (tertiary/aromatic N) is 3. The molecule has 0 atom stereocenters. The topological polar surface area (TPSA) is 48.5 Å². The summed E-state index contributed by atoms with van der Waals surface area (Å²) in [6.07, 6.45) is -0.885. The van der Waals surface area contributed by atoms with Crippen LogP contribution in [0.25, 0.3) is 0 Å². The Kier molecular flexibility index (Phi) is 5.53. The molecule has 1 aliphatic rings. The Balaban J connectivity index is 1.81. The predicted octanol–water partition coefficient (Wildman–Crippen LogP) is 4.36. The summed E-state index contributed by atoms with van der Waals surface area (Å²) < 4.78 is 39.3. The Labute approximate surface area is 155 Å². The summed E-state index contributed by atoms with van der Waals surface area (Å²) in [5, 5.41) is 2.64. The largest absolute Gasteiger partial charge is 0.416 e. The fraction of sp³-hybridized carbons (Fsp3) is 0.368. The Hall–Kier alpha value is -2.77. The third kappa shape index (κ3) is 4.69. The molecule has 3 rings (SSSR count). The van der Waals surface area contributed by atoms with Gasteiger partial charge < -0.3 is 15.1 Å². The molecule has 0 aliphatic carbocycles. The van der Waals surface area contributed by atoms with Crippen LogP contribution in [0.2, 0.25) is 0 Å². The van der Waals surface area contributed by atoms with Crippen molar-refractivity contribution in [1.82, 2.24) is 9.88 Å². The highest BCUT2D eigenvalue weighted by Gasteiger charge is 2.32. The highest BCUT2D eigenvalue weighted by atomic mass is 19.4. The zero-order chi connectivity index (χ0) is 19.4. The summed E-state index contributed by atoms with van der Waals surface area (Å²) >= 11 is 0. The monoisotopic (exact) mass is 378 g/mol. The summed E-state index contributed by atoms with van der Waals surface area (Å²) in [7, 11) is 1.58. The number of alkyl halides is 3. The van der Waals surface area contributed by atoms with Crippen LogP contribution in [-0.4, -0.2) is 36.1 Å². The number of halogens is 3. The van der Waals surface area contributed by atoms with E-state index in [4.69, 9.17) is 0 Å². The molecule has 5 nitrogen and oxygen atoms in total. The number of nitrogens with one attached hydrogen (secondary N) is 1. The Morgan fingerprint density at radius 3 is 2.59 bits per heavy atom. The minimum atomic E-state index is -4.47. The molecule has 0 spiro atoms. The van der Waals surface area contributed by atoms with Crippen LogP contribution < -0.4 is 10.2 Å². The molecule has 1 aliphatic heterocycles. The fourth-order valence-corrected chi connectivity index (χ4v) is 3.06. The maximum Gasteiger partial charge on any atom is 0.416 e. The first-order valence-electron chi connectivity index (χ1n) is 8.73. The first kappa shape index (κ1) is 19.0. The predicted molar refractivity (Wildman–Crippen MR) is 97.6 cm³/mol. The standard InChI is InChI=1S/C19H21F3N4O/c1-25(13-15-6-2-3-9-23-15)18(27)24-16-12-14(19(20,21)22)7-8-17(16)26-10-4-5-11-26/h2-3,6-9,12H,4-5,10-11,13H2,1H3,(H,24,27). The fourth-order valence-electron chi connectivity index (χ4n) is 3.06. The SMILES string of the molecule is CN(Cc1ccccn1)C(=O)Nc1cc(C(F)(F)F)ccc1N1CCCC1. The van der Waals surface area contributed by atoms with E-state index in [0.717, 1.165) is 38.1 Å². The van der Waals surface area contributed by atoms with Gasteiger partial charge in [0.25, 0.3) is 0 Å². The molecular formula is C19H21F3N4O. The van der Waals surface area contributed by atoms with Gasteiger partial charge in [0.05, 0.1) is 29.2 Å². The van der Waals surface area contributed by atoms with Crippen molar-refractivity contribution in [3.05, 3.63) is 53.9 Å². The minimum Gasteiger partial charge on any atom is -0.370 e. The molecule has 0 radical (unpaired) electrons. The normalized spacial score (nSPS) is 14.3. The van der Waals surface area contributed by atoms with Gasteiger partial charge in [0, 0.05) is 26.3 Å². The summed E-state index contributed by atoms with van der Waals surface area (Å²) in [5.41, 5.74) is 0.691. The van der Waals surface area contributed by atoms with Crippen molar-refractivity contribution < 1.29 is 18.0 Å². The molecule has 144 valence electrons. The Morgan fingerprint density at radius 2 is 1.96 bits per heavy atom. The zero-order valence-electron chi connectivity index (χ0n) is 15.0. The molecule has 1 saturated heterocycles. The lowest BCUT2D eigenvalue weighted by Gasteiger charge is -2.24. The number of amides is 2. The van der Waals surface area contributed by atoms with Gasteiger partial charge in [-0.3, -0.25) is 4.98 Å². The van der Waals surface area contributed by atoms with E-state index < -0.39 is 17.8 Å². The van der Waals surface area contributed by atoms with Gasteiger partial charge in [-0.15, -0.1) is 0 Å². The molecule has 1 fully saturated rings. The number of carbonyl (C=O) groups is 1.